The molecule has 1 unspecified atom stereocenters. The summed E-state index contributed by atoms with van der Waals surface area (Å²) in [6, 6.07) is 11.2. The Hall–Kier alpha value is -8.90. The van der Waals surface area contributed by atoms with Gasteiger partial charge in [0.15, 0.2) is 46.0 Å². The van der Waals surface area contributed by atoms with Crippen molar-refractivity contribution in [1.82, 2.24) is 0 Å². The summed E-state index contributed by atoms with van der Waals surface area (Å²) in [4.78, 5) is 48.7. The van der Waals surface area contributed by atoms with Gasteiger partial charge in [-0.2, -0.15) is 0 Å². The first kappa shape index (κ1) is 71.4. The Bertz CT molecular complexity index is 3510. The standard InChI is InChI=1S/C60H66O36/c61-17-35-44(73)48(77)52(81)57(93-35)89-30-5-1-21(9-26(30)63)3-7-40(69)85-18-36-45(74)49(78)53(82)58(94-36)90-31-6-2-22(10-27(31)64)4-8-41(70)86-19-37-46(75)51(80)55(84)60(96-37)92-34-15-25-32(88-56(34)23-11-28(65)43(72)29(66)12-23)13-24(62)14-33(25)91-59-54(83)50(79)47(76)38(95-59)20-87-42(71)16-39(67)68/h1-15,35-38,44-66,72-84H,16-20H2,(H,67,68)/p+1/b7-3+,8-4+/t35-,36-,37-,38-,44-,45-,46-,47-,48+,49+,50+,51+,52-,53-,54-,55-,56?,57-,58-,59-,60-/m1/s1. The Labute approximate surface area is 539 Å². The van der Waals surface area contributed by atoms with Crippen LogP contribution in [0.15, 0.2) is 78.6 Å². The monoisotopic (exact) mass is 1360 g/mol. The minimum atomic E-state index is -2.11. The number of hydrogen-bond acceptors (Lipinski definition) is 34. The lowest BCUT2D eigenvalue weighted by Crippen LogP contribution is -2.60. The first-order chi connectivity index (χ1) is 45.5. The van der Waals surface area contributed by atoms with Crippen LogP contribution in [0.4, 0.5) is 0 Å². The van der Waals surface area contributed by atoms with Crippen LogP contribution in [0.25, 0.3) is 18.2 Å². The maximum Gasteiger partial charge on any atom is 0.330 e. The average Bonchev–Trinajstić information content (AvgIpc) is 0.763. The van der Waals surface area contributed by atoms with Gasteiger partial charge in [-0.05, 0) is 59.7 Å². The van der Waals surface area contributed by atoms with Crippen molar-refractivity contribution in [1.29, 1.82) is 0 Å². The number of aliphatic hydroxyl groups is 14. The van der Waals surface area contributed by atoms with E-state index in [1.165, 1.54) is 24.3 Å². The van der Waals surface area contributed by atoms with Crippen molar-refractivity contribution in [3.05, 3.63) is 101 Å². The van der Waals surface area contributed by atoms with Gasteiger partial charge in [0.25, 0.3) is 11.9 Å². The lowest BCUT2D eigenvalue weighted by Gasteiger charge is -2.41. The summed E-state index contributed by atoms with van der Waals surface area (Å²) in [7, 11) is 0. The van der Waals surface area contributed by atoms with E-state index in [1.807, 2.05) is 0 Å². The fourth-order valence-corrected chi connectivity index (χ4v) is 10.2. The van der Waals surface area contributed by atoms with Gasteiger partial charge >= 0.3 is 23.9 Å². The van der Waals surface area contributed by atoms with Crippen LogP contribution >= 0.6 is 0 Å². The number of esters is 3. The topological polar surface area (TPSA) is 587 Å². The molecule has 4 aromatic rings. The van der Waals surface area contributed by atoms with E-state index in [-0.39, 0.29) is 39.5 Å². The molecule has 4 aromatic carbocycles. The molecule has 0 saturated carbocycles. The highest BCUT2D eigenvalue weighted by molar-refractivity contribution is 5.90. The quantitative estimate of drug-likeness (QED) is 0.00876. The maximum absolute atomic E-state index is 13.1. The number of hydrogen-bond donors (Lipinski definition) is 20. The summed E-state index contributed by atoms with van der Waals surface area (Å²) in [5.74, 6) is -10.8. The number of ether oxygens (including phenoxy) is 12. The third kappa shape index (κ3) is 16.3. The van der Waals surface area contributed by atoms with Crippen molar-refractivity contribution in [3.63, 3.8) is 0 Å². The minimum Gasteiger partial charge on any atom is -0.571 e. The largest absolute Gasteiger partial charge is 0.571 e. The number of carboxylic acids is 1. The highest BCUT2D eigenvalue weighted by atomic mass is 16.7. The highest BCUT2D eigenvalue weighted by Crippen LogP contribution is 2.49. The molecule has 522 valence electrons. The van der Waals surface area contributed by atoms with Gasteiger partial charge in [0, 0.05) is 24.3 Å². The van der Waals surface area contributed by atoms with Gasteiger partial charge < -0.3 is 159 Å². The molecule has 0 radical (unpaired) electrons. The van der Waals surface area contributed by atoms with Crippen LogP contribution in [0, 0.1) is 0 Å². The highest BCUT2D eigenvalue weighted by Gasteiger charge is 2.51. The normalized spacial score (nSPS) is 32.1. The van der Waals surface area contributed by atoms with Crippen LogP contribution in [-0.4, -0.2) is 280 Å². The number of fused-ring (bicyclic) bond motifs is 1. The number of aliphatic carboxylic acids is 1. The Morgan fingerprint density at radius 2 is 0.865 bits per heavy atom. The molecule has 4 saturated heterocycles. The van der Waals surface area contributed by atoms with E-state index >= 15 is 0 Å². The van der Waals surface area contributed by atoms with Crippen LogP contribution in [0.5, 0.6) is 57.5 Å². The molecule has 4 fully saturated rings. The van der Waals surface area contributed by atoms with Gasteiger partial charge in [0.1, 0.15) is 141 Å². The zero-order chi connectivity index (χ0) is 69.7. The number of aromatic hydroxyl groups is 7. The Morgan fingerprint density at radius 1 is 0.458 bits per heavy atom. The molecule has 5 aliphatic heterocycles. The van der Waals surface area contributed by atoms with E-state index in [9.17, 15) is 116 Å². The molecule has 21 atom stereocenters. The Morgan fingerprint density at radius 3 is 1.29 bits per heavy atom. The number of carbonyl (C=O) groups excluding carboxylic acids is 3. The summed E-state index contributed by atoms with van der Waals surface area (Å²) < 4.78 is 65.1. The van der Waals surface area contributed by atoms with E-state index < -0.39 is 232 Å². The minimum absolute atomic E-state index is 0.116. The zero-order valence-corrected chi connectivity index (χ0v) is 49.3. The second-order valence-corrected chi connectivity index (χ2v) is 22.2. The van der Waals surface area contributed by atoms with Crippen molar-refractivity contribution < 1.29 is 178 Å². The second-order valence-electron chi connectivity index (χ2n) is 22.2. The number of phenols is 6. The number of benzene rings is 4. The van der Waals surface area contributed by atoms with Crippen molar-refractivity contribution in [2.45, 2.75) is 135 Å². The van der Waals surface area contributed by atoms with Crippen molar-refractivity contribution >= 4 is 42.1 Å². The van der Waals surface area contributed by atoms with Gasteiger partial charge in [-0.1, -0.05) is 12.1 Å². The predicted octanol–water partition coefficient (Wildman–Crippen LogP) is -4.84. The zero-order valence-electron chi connectivity index (χ0n) is 49.3. The summed E-state index contributed by atoms with van der Waals surface area (Å²) in [5.41, 5.74) is 0.0576. The number of carboxylic acid groups (broad SMARTS) is 1. The van der Waals surface area contributed by atoms with E-state index in [1.54, 1.807) is 0 Å². The first-order valence-electron chi connectivity index (χ1n) is 28.8. The first-order valence-corrected chi connectivity index (χ1v) is 28.8. The van der Waals surface area contributed by atoms with Crippen LogP contribution in [-0.2, 0) is 57.1 Å². The number of carbonyl (C=O) groups is 4. The Kier molecular flexibility index (Phi) is 22.6. The Balaban J connectivity index is 0.814. The third-order valence-corrected chi connectivity index (χ3v) is 15.4. The molecule has 5 aliphatic rings. The summed E-state index contributed by atoms with van der Waals surface area (Å²) in [5, 5.41) is 209. The van der Waals surface area contributed by atoms with Gasteiger partial charge in [-0.15, -0.1) is 0 Å². The molecule has 0 aliphatic carbocycles. The second kappa shape index (κ2) is 30.4. The number of phenolic OH excluding ortho intramolecular Hbond substituents is 6. The summed E-state index contributed by atoms with van der Waals surface area (Å²) >= 11 is 0. The molecule has 21 N–H and O–H groups in total. The van der Waals surface area contributed by atoms with Crippen LogP contribution in [0.1, 0.15) is 34.8 Å². The van der Waals surface area contributed by atoms with E-state index in [4.69, 9.17) is 57.2 Å². The molecular formula is C60H67O36+. The van der Waals surface area contributed by atoms with E-state index in [2.05, 4.69) is 4.74 Å². The van der Waals surface area contributed by atoms with Gasteiger partial charge in [-0.3, -0.25) is 9.59 Å². The summed E-state index contributed by atoms with van der Waals surface area (Å²) in [6.07, 6.45) is -33.9. The molecular weight excluding hydrogens is 1300 g/mol. The molecule has 96 heavy (non-hydrogen) atoms. The smallest absolute Gasteiger partial charge is 0.330 e. The molecule has 9 rings (SSSR count). The van der Waals surface area contributed by atoms with Crippen molar-refractivity contribution in [2.24, 2.45) is 0 Å². The van der Waals surface area contributed by atoms with Crippen molar-refractivity contribution in [2.75, 3.05) is 26.4 Å². The maximum atomic E-state index is 13.1. The van der Waals surface area contributed by atoms with Crippen LogP contribution in [0.3, 0.4) is 0 Å². The molecule has 0 spiro atoms. The van der Waals surface area contributed by atoms with Crippen LogP contribution < -0.4 is 14.2 Å². The third-order valence-electron chi connectivity index (χ3n) is 15.4. The fraction of sp³-hybridized carbons (Fsp3) is 0.433. The molecule has 0 amide bonds. The lowest BCUT2D eigenvalue weighted by atomic mass is 9.98. The van der Waals surface area contributed by atoms with Crippen LogP contribution in [0.2, 0.25) is 0 Å². The van der Waals surface area contributed by atoms with E-state index in [0.717, 1.165) is 66.8 Å². The average molecular weight is 1360 g/mol. The van der Waals surface area contributed by atoms with Gasteiger partial charge in [0.05, 0.1) is 18.2 Å². The van der Waals surface area contributed by atoms with Crippen molar-refractivity contribution in [3.8, 4) is 57.5 Å². The van der Waals surface area contributed by atoms with E-state index in [0.29, 0.717) is 0 Å². The van der Waals surface area contributed by atoms with Gasteiger partial charge in [-0.25, -0.2) is 9.59 Å². The number of rotatable bonds is 22. The fourth-order valence-electron chi connectivity index (χ4n) is 10.2. The SMILES string of the molecule is O=C(O)CC(=O)OC[C@H]1O[C@@H](Oc2cc(O)cc3c2C=C(O[C@@H]2O[C@H](COC(=O)/C=C/c4ccc(O[C@@H]5O[C@H](COC(=O)/C=C/c6ccc(O[C@@H]7O[C@H](CO)[C@@H](O)[C@H](O)[C@H]7O)c(O)c6)[C@@H](O)[C@H](O)[C@H]5O)c(O)c4)[C@@H](O)[C@H](O)[C@H]2O)C(c2cc(O)c(O)c(O)c2)[OH+]3)[C@H](O)[C@@H](O)[C@@H]1O. The lowest BCUT2D eigenvalue weighted by molar-refractivity contribution is -0.296. The molecule has 5 heterocycles. The predicted molar refractivity (Wildman–Crippen MR) is 308 cm³/mol. The molecule has 36 nitrogen and oxygen atoms in total. The molecule has 36 heteroatoms. The summed E-state index contributed by atoms with van der Waals surface area (Å²) in [6.45, 7) is -3.13. The molecule has 0 aromatic heterocycles. The number of aliphatic hydroxyl groups excluding tert-OH is 13. The molecule has 0 bridgehead atoms. The van der Waals surface area contributed by atoms with Gasteiger partial charge in [0.2, 0.25) is 25.2 Å².